The summed E-state index contributed by atoms with van der Waals surface area (Å²) >= 11 is 5.99. The minimum Gasteiger partial charge on any atom is -0.487 e. The molecule has 0 aromatic heterocycles. The van der Waals surface area contributed by atoms with Crippen LogP contribution in [0.3, 0.4) is 0 Å². The fourth-order valence-corrected chi connectivity index (χ4v) is 2.66. The number of ether oxygens (including phenoxy) is 1. The van der Waals surface area contributed by atoms with E-state index in [1.54, 1.807) is 12.1 Å². The van der Waals surface area contributed by atoms with E-state index >= 15 is 0 Å². The normalized spacial score (nSPS) is 11.1. The molecule has 3 aromatic carbocycles. The molecule has 8 nitrogen and oxygen atoms in total. The third-order valence-corrected chi connectivity index (χ3v) is 4.37. The van der Waals surface area contributed by atoms with Crippen LogP contribution in [0.25, 0.3) is 0 Å². The largest absolute Gasteiger partial charge is 0.487 e. The maximum Gasteiger partial charge on any atom is 0.365 e. The van der Waals surface area contributed by atoms with E-state index in [0.717, 1.165) is 5.56 Å². The second-order valence-electron chi connectivity index (χ2n) is 6.22. The van der Waals surface area contributed by atoms with Crippen molar-refractivity contribution in [2.75, 3.05) is 0 Å². The lowest BCUT2D eigenvalue weighted by Crippen LogP contribution is -2.15. The van der Waals surface area contributed by atoms with Crippen LogP contribution in [0.5, 0.6) is 5.75 Å². The lowest BCUT2D eigenvalue weighted by atomic mass is 10.1. The van der Waals surface area contributed by atoms with Gasteiger partial charge in [-0.15, -0.1) is 0 Å². The van der Waals surface area contributed by atoms with E-state index in [1.165, 1.54) is 54.6 Å². The number of oxime groups is 1. The molecule has 2 N–H and O–H groups in total. The summed E-state index contributed by atoms with van der Waals surface area (Å²) in [5.74, 6) is -0.927. The molecule has 158 valence electrons. The molecule has 3 rings (SSSR count). The summed E-state index contributed by atoms with van der Waals surface area (Å²) in [6.07, 6.45) is 0. The highest BCUT2D eigenvalue weighted by molar-refractivity contribution is 6.32. The van der Waals surface area contributed by atoms with Crippen molar-refractivity contribution in [3.63, 3.8) is 0 Å². The van der Waals surface area contributed by atoms with E-state index < -0.39 is 16.7 Å². The van der Waals surface area contributed by atoms with Gasteiger partial charge in [-0.3, -0.25) is 10.1 Å². The van der Waals surface area contributed by atoms with Crippen LogP contribution in [0.15, 0.2) is 71.9 Å². The summed E-state index contributed by atoms with van der Waals surface area (Å²) in [6.45, 7) is 0.128. The number of halogens is 2. The number of hydrogen-bond donors (Lipinski definition) is 1. The SMILES string of the molecule is N/C(=N\OC(=O)c1ccc(COc2ccc([N+](=O)[O-])cc2Cl)cc1)c1ccc(F)cc1. The Kier molecular flexibility index (Phi) is 6.78. The third-order valence-electron chi connectivity index (χ3n) is 4.08. The molecule has 0 heterocycles. The van der Waals surface area contributed by atoms with E-state index in [4.69, 9.17) is 26.9 Å². The molecule has 0 unspecified atom stereocenters. The van der Waals surface area contributed by atoms with E-state index in [-0.39, 0.29) is 28.7 Å². The molecule has 0 saturated carbocycles. The van der Waals surface area contributed by atoms with Gasteiger partial charge in [0.2, 0.25) is 0 Å². The number of benzene rings is 3. The van der Waals surface area contributed by atoms with Crippen molar-refractivity contribution in [3.8, 4) is 5.75 Å². The first-order valence-electron chi connectivity index (χ1n) is 8.80. The Morgan fingerprint density at radius 2 is 1.71 bits per heavy atom. The molecule has 10 heteroatoms. The molecule has 0 aliphatic carbocycles. The Balaban J connectivity index is 1.58. The van der Waals surface area contributed by atoms with Gasteiger partial charge in [-0.25, -0.2) is 9.18 Å². The first kappa shape index (κ1) is 21.7. The molecule has 0 radical (unpaired) electrons. The van der Waals surface area contributed by atoms with Crippen molar-refractivity contribution >= 4 is 29.1 Å². The van der Waals surface area contributed by atoms with Gasteiger partial charge in [-0.2, -0.15) is 0 Å². The molecule has 0 spiro atoms. The van der Waals surface area contributed by atoms with Crippen molar-refractivity contribution in [1.29, 1.82) is 0 Å². The molecule has 0 saturated heterocycles. The second kappa shape index (κ2) is 9.68. The molecule has 0 aliphatic heterocycles. The number of carbonyl (C=O) groups excluding carboxylic acids is 1. The average Bonchev–Trinajstić information content (AvgIpc) is 2.77. The number of rotatable bonds is 7. The lowest BCUT2D eigenvalue weighted by Gasteiger charge is -2.08. The highest BCUT2D eigenvalue weighted by Gasteiger charge is 2.11. The zero-order valence-electron chi connectivity index (χ0n) is 15.8. The van der Waals surface area contributed by atoms with Gasteiger partial charge in [0.1, 0.15) is 18.2 Å². The summed E-state index contributed by atoms with van der Waals surface area (Å²) in [5, 5.41) is 14.4. The van der Waals surface area contributed by atoms with Gasteiger partial charge in [0.25, 0.3) is 5.69 Å². The van der Waals surface area contributed by atoms with Crippen LogP contribution >= 0.6 is 11.6 Å². The maximum atomic E-state index is 12.9. The zero-order valence-corrected chi connectivity index (χ0v) is 16.6. The van der Waals surface area contributed by atoms with Crippen molar-refractivity contribution in [1.82, 2.24) is 0 Å². The summed E-state index contributed by atoms with van der Waals surface area (Å²) in [5.41, 5.74) is 6.94. The summed E-state index contributed by atoms with van der Waals surface area (Å²) in [7, 11) is 0. The molecule has 0 aliphatic rings. The fourth-order valence-electron chi connectivity index (χ4n) is 2.44. The van der Waals surface area contributed by atoms with E-state index in [9.17, 15) is 19.3 Å². The van der Waals surface area contributed by atoms with Crippen LogP contribution in [0.1, 0.15) is 21.5 Å². The molecular weight excluding hydrogens is 429 g/mol. The Morgan fingerprint density at radius 1 is 1.06 bits per heavy atom. The number of amidine groups is 1. The summed E-state index contributed by atoms with van der Waals surface area (Å²) < 4.78 is 18.5. The van der Waals surface area contributed by atoms with E-state index in [0.29, 0.717) is 11.3 Å². The number of nitrogens with zero attached hydrogens (tertiary/aromatic N) is 2. The number of carbonyl (C=O) groups is 1. The Morgan fingerprint density at radius 3 is 2.32 bits per heavy atom. The minimum absolute atomic E-state index is 0.0710. The van der Waals surface area contributed by atoms with Gasteiger partial charge in [-0.05, 0) is 48.0 Å². The lowest BCUT2D eigenvalue weighted by molar-refractivity contribution is -0.384. The smallest absolute Gasteiger partial charge is 0.365 e. The molecule has 0 atom stereocenters. The number of nitrogens with two attached hydrogens (primary N) is 1. The van der Waals surface area contributed by atoms with Crippen LogP contribution in [0.4, 0.5) is 10.1 Å². The van der Waals surface area contributed by atoms with E-state index in [2.05, 4.69) is 5.16 Å². The zero-order chi connectivity index (χ0) is 22.4. The first-order valence-corrected chi connectivity index (χ1v) is 9.17. The fraction of sp³-hybridized carbons (Fsp3) is 0.0476. The Bertz CT molecular complexity index is 1130. The number of non-ortho nitro benzene ring substituents is 1. The molecule has 0 bridgehead atoms. The van der Waals surface area contributed by atoms with Crippen LogP contribution < -0.4 is 10.5 Å². The standard InChI is InChI=1S/C21H15ClFN3O5/c22-18-11-17(26(28)29)9-10-19(18)30-12-13-1-3-15(4-2-13)21(27)31-25-20(24)14-5-7-16(23)8-6-14/h1-11H,12H2,(H2,24,25). The van der Waals surface area contributed by atoms with Gasteiger partial charge in [0.15, 0.2) is 5.84 Å². The van der Waals surface area contributed by atoms with Gasteiger partial charge in [0.05, 0.1) is 15.5 Å². The molecule has 3 aromatic rings. The Hall–Kier alpha value is -3.98. The van der Waals surface area contributed by atoms with Gasteiger partial charge in [-0.1, -0.05) is 28.9 Å². The topological polar surface area (TPSA) is 117 Å². The van der Waals surface area contributed by atoms with Crippen molar-refractivity contribution in [2.45, 2.75) is 6.61 Å². The molecule has 31 heavy (non-hydrogen) atoms. The second-order valence-corrected chi connectivity index (χ2v) is 6.63. The monoisotopic (exact) mass is 443 g/mol. The van der Waals surface area contributed by atoms with E-state index in [1.807, 2.05) is 0 Å². The van der Waals surface area contributed by atoms with Crippen molar-refractivity contribution < 1.29 is 23.7 Å². The van der Waals surface area contributed by atoms with Gasteiger partial charge < -0.3 is 15.3 Å². The summed E-state index contributed by atoms with van der Waals surface area (Å²) in [4.78, 5) is 27.1. The Labute approximate surface area is 180 Å². The average molecular weight is 444 g/mol. The predicted molar refractivity (Wildman–Crippen MR) is 111 cm³/mol. The quantitative estimate of drug-likeness (QED) is 0.189. The molecular formula is C21H15ClFN3O5. The minimum atomic E-state index is -0.726. The van der Waals surface area contributed by atoms with Gasteiger partial charge >= 0.3 is 5.97 Å². The summed E-state index contributed by atoms with van der Waals surface area (Å²) in [6, 6.07) is 15.5. The van der Waals surface area contributed by atoms with Crippen molar-refractivity contribution in [3.05, 3.63) is 104 Å². The van der Waals surface area contributed by atoms with Gasteiger partial charge in [0, 0.05) is 17.7 Å². The predicted octanol–water partition coefficient (Wildman–Crippen LogP) is 4.44. The highest BCUT2D eigenvalue weighted by Crippen LogP contribution is 2.29. The van der Waals surface area contributed by atoms with Crippen LogP contribution in [-0.4, -0.2) is 16.7 Å². The molecule has 0 fully saturated rings. The number of nitro groups is 1. The van der Waals surface area contributed by atoms with Crippen molar-refractivity contribution in [2.24, 2.45) is 10.9 Å². The molecule has 0 amide bonds. The first-order chi connectivity index (χ1) is 14.8. The van der Waals surface area contributed by atoms with Crippen LogP contribution in [0, 0.1) is 15.9 Å². The number of hydrogen-bond acceptors (Lipinski definition) is 6. The van der Waals surface area contributed by atoms with Crippen LogP contribution in [0.2, 0.25) is 5.02 Å². The number of nitro benzene ring substituents is 1. The third kappa shape index (κ3) is 5.77. The van der Waals surface area contributed by atoms with Crippen LogP contribution in [-0.2, 0) is 11.4 Å². The maximum absolute atomic E-state index is 12.9. The highest BCUT2D eigenvalue weighted by atomic mass is 35.5.